The molecule has 29 heavy (non-hydrogen) atoms. The van der Waals surface area contributed by atoms with Gasteiger partial charge in [-0.1, -0.05) is 30.4 Å². The lowest BCUT2D eigenvalue weighted by atomic mass is 9.71. The normalized spacial score (nSPS) is 30.7. The van der Waals surface area contributed by atoms with Gasteiger partial charge in [0.05, 0.1) is 11.3 Å². The van der Waals surface area contributed by atoms with Crippen LogP contribution < -0.4 is 5.32 Å². The third-order valence-electron chi connectivity index (χ3n) is 7.19. The summed E-state index contributed by atoms with van der Waals surface area (Å²) in [6.45, 7) is 0. The number of allylic oxidation sites excluding steroid dienone is 2. The summed E-state index contributed by atoms with van der Waals surface area (Å²) >= 11 is 0. The summed E-state index contributed by atoms with van der Waals surface area (Å²) in [4.78, 5) is 30.5. The molecule has 1 aromatic heterocycles. The molecule has 2 amide bonds. The molecule has 5 heteroatoms. The van der Waals surface area contributed by atoms with Crippen molar-refractivity contribution in [3.63, 3.8) is 0 Å². The minimum atomic E-state index is -0.741. The molecule has 2 N–H and O–H groups in total. The summed E-state index contributed by atoms with van der Waals surface area (Å²) < 4.78 is 0. The van der Waals surface area contributed by atoms with Gasteiger partial charge in [0, 0.05) is 23.1 Å². The molecule has 1 saturated heterocycles. The monoisotopic (exact) mass is 389 g/mol. The fraction of sp³-hybridized carbons (Fsp3) is 0.417. The summed E-state index contributed by atoms with van der Waals surface area (Å²) in [5, 5.41) is 3.82. The summed E-state index contributed by atoms with van der Waals surface area (Å²) in [7, 11) is 4.30. The Bertz CT molecular complexity index is 1040. The molecule has 1 saturated carbocycles. The van der Waals surface area contributed by atoms with Gasteiger partial charge in [0.1, 0.15) is 0 Å². The van der Waals surface area contributed by atoms with Crippen molar-refractivity contribution >= 4 is 22.7 Å². The smallest absolute Gasteiger partial charge is 0.237 e. The average molecular weight is 389 g/mol. The first-order valence-electron chi connectivity index (χ1n) is 10.5. The third-order valence-corrected chi connectivity index (χ3v) is 7.19. The Balaban J connectivity index is 1.37. The fourth-order valence-electron chi connectivity index (χ4n) is 5.17. The third kappa shape index (κ3) is 2.87. The van der Waals surface area contributed by atoms with Crippen molar-refractivity contribution in [3.8, 4) is 0 Å². The number of aromatic amines is 1. The number of fused-ring (bicyclic) bond motifs is 2. The molecular formula is C24H27N3O2. The number of carbonyl (C=O) groups is 2. The van der Waals surface area contributed by atoms with Gasteiger partial charge in [0.25, 0.3) is 0 Å². The van der Waals surface area contributed by atoms with Crippen molar-refractivity contribution in [2.75, 3.05) is 14.1 Å². The number of nitrogens with zero attached hydrogens (tertiary/aromatic N) is 1. The average Bonchev–Trinajstić information content (AvgIpc) is 3.18. The largest absolute Gasteiger partial charge is 0.361 e. The summed E-state index contributed by atoms with van der Waals surface area (Å²) in [6, 6.07) is 7.22. The molecule has 5 rings (SSSR count). The highest BCUT2D eigenvalue weighted by Gasteiger charge is 2.52. The van der Waals surface area contributed by atoms with E-state index in [9.17, 15) is 9.59 Å². The van der Waals surface area contributed by atoms with Crippen molar-refractivity contribution in [2.24, 2.45) is 11.3 Å². The zero-order valence-corrected chi connectivity index (χ0v) is 16.9. The molecule has 2 heterocycles. The summed E-state index contributed by atoms with van der Waals surface area (Å²) in [5.41, 5.74) is 3.05. The lowest BCUT2D eigenvalue weighted by molar-refractivity contribution is -0.127. The molecule has 0 spiro atoms. The quantitative estimate of drug-likeness (QED) is 0.772. The molecule has 2 aromatic rings. The molecule has 5 nitrogen and oxygen atoms in total. The van der Waals surface area contributed by atoms with Crippen LogP contribution in [0.3, 0.4) is 0 Å². The number of hydrogen-bond acceptors (Lipinski definition) is 3. The van der Waals surface area contributed by atoms with Crippen molar-refractivity contribution in [1.29, 1.82) is 0 Å². The molecule has 1 aliphatic heterocycles. The van der Waals surface area contributed by atoms with Gasteiger partial charge in [-0.15, -0.1) is 0 Å². The number of aromatic nitrogens is 1. The number of aryl methyl sites for hydroxylation is 1. The van der Waals surface area contributed by atoms with Gasteiger partial charge < -0.3 is 9.88 Å². The minimum absolute atomic E-state index is 0.166. The maximum atomic E-state index is 12.6. The van der Waals surface area contributed by atoms with E-state index in [1.807, 2.05) is 24.3 Å². The van der Waals surface area contributed by atoms with Crippen LogP contribution in [0.2, 0.25) is 0 Å². The topological polar surface area (TPSA) is 65.2 Å². The van der Waals surface area contributed by atoms with Crippen molar-refractivity contribution in [1.82, 2.24) is 15.2 Å². The van der Waals surface area contributed by atoms with Crippen LogP contribution in [0.4, 0.5) is 0 Å². The SMILES string of the molecule is CN(C)C1CC(c2c[nH]c3ccc(CCC45C=CC=CC4C(=O)NC5=O)cc23)C1. The van der Waals surface area contributed by atoms with E-state index in [1.54, 1.807) is 0 Å². The Hall–Kier alpha value is -2.66. The summed E-state index contributed by atoms with van der Waals surface area (Å²) in [6.07, 6.45) is 13.5. The predicted octanol–water partition coefficient (Wildman–Crippen LogP) is 3.29. The van der Waals surface area contributed by atoms with Crippen molar-refractivity contribution in [2.45, 2.75) is 37.6 Å². The minimum Gasteiger partial charge on any atom is -0.361 e. The van der Waals surface area contributed by atoms with Crippen LogP contribution in [0.15, 0.2) is 48.7 Å². The zero-order chi connectivity index (χ0) is 20.2. The molecule has 2 fully saturated rings. The van der Waals surface area contributed by atoms with E-state index in [0.29, 0.717) is 18.4 Å². The van der Waals surface area contributed by atoms with Gasteiger partial charge >= 0.3 is 0 Å². The van der Waals surface area contributed by atoms with Crippen molar-refractivity contribution in [3.05, 3.63) is 59.8 Å². The van der Waals surface area contributed by atoms with Crippen LogP contribution in [0.1, 0.15) is 36.3 Å². The van der Waals surface area contributed by atoms with Crippen LogP contribution >= 0.6 is 0 Å². The zero-order valence-electron chi connectivity index (χ0n) is 16.9. The van der Waals surface area contributed by atoms with Crippen LogP contribution in [-0.2, 0) is 16.0 Å². The van der Waals surface area contributed by atoms with Crippen LogP contribution in [0, 0.1) is 11.3 Å². The molecule has 2 unspecified atom stereocenters. The second-order valence-electron chi connectivity index (χ2n) is 8.99. The van der Waals surface area contributed by atoms with Gasteiger partial charge in [-0.3, -0.25) is 14.9 Å². The predicted molar refractivity (Wildman–Crippen MR) is 113 cm³/mol. The first kappa shape index (κ1) is 18.4. The number of H-pyrrole nitrogens is 1. The number of hydrogen-bond donors (Lipinski definition) is 2. The van der Waals surface area contributed by atoms with E-state index in [0.717, 1.165) is 6.42 Å². The number of nitrogens with one attached hydrogen (secondary N) is 2. The molecule has 2 aliphatic carbocycles. The van der Waals surface area contributed by atoms with Crippen molar-refractivity contribution < 1.29 is 9.59 Å². The number of rotatable bonds is 5. The fourth-order valence-corrected chi connectivity index (χ4v) is 5.17. The number of imide groups is 1. The van der Waals surface area contributed by atoms with E-state index in [-0.39, 0.29) is 17.7 Å². The van der Waals surface area contributed by atoms with Gasteiger partial charge in [-0.25, -0.2) is 0 Å². The Labute approximate surface area is 170 Å². The van der Waals surface area contributed by atoms with E-state index < -0.39 is 5.41 Å². The maximum Gasteiger partial charge on any atom is 0.237 e. The van der Waals surface area contributed by atoms with Gasteiger partial charge in [-0.2, -0.15) is 0 Å². The highest BCUT2D eigenvalue weighted by molar-refractivity contribution is 6.09. The van der Waals surface area contributed by atoms with E-state index >= 15 is 0 Å². The van der Waals surface area contributed by atoms with Gasteiger partial charge in [0.2, 0.25) is 11.8 Å². The van der Waals surface area contributed by atoms with Crippen LogP contribution in [0.25, 0.3) is 10.9 Å². The van der Waals surface area contributed by atoms with E-state index in [2.05, 4.69) is 53.7 Å². The number of carbonyl (C=O) groups excluding carboxylic acids is 2. The van der Waals surface area contributed by atoms with Crippen LogP contribution in [-0.4, -0.2) is 41.8 Å². The number of benzene rings is 1. The Kier molecular flexibility index (Phi) is 4.24. The molecule has 3 aliphatic rings. The first-order chi connectivity index (χ1) is 14.0. The second-order valence-corrected chi connectivity index (χ2v) is 8.99. The van der Waals surface area contributed by atoms with E-state index in [1.165, 1.54) is 34.9 Å². The standard InChI is InChI=1S/C24H27N3O2/c1-27(2)17-12-16(13-17)19-14-25-21-7-6-15(11-18(19)21)8-10-24-9-4-3-5-20(24)22(28)26-23(24)29/h3-7,9,11,14,16-17,20,25H,8,10,12-13H2,1-2H3,(H,26,28,29). The Morgan fingerprint density at radius 1 is 1.17 bits per heavy atom. The molecule has 0 bridgehead atoms. The molecule has 150 valence electrons. The summed E-state index contributed by atoms with van der Waals surface area (Å²) in [5.74, 6) is -0.122. The molecule has 1 aromatic carbocycles. The van der Waals surface area contributed by atoms with Gasteiger partial charge in [0.15, 0.2) is 0 Å². The van der Waals surface area contributed by atoms with Gasteiger partial charge in [-0.05, 0) is 69.0 Å². The number of amides is 2. The first-order valence-corrected chi connectivity index (χ1v) is 10.5. The molecule has 2 atom stereocenters. The maximum absolute atomic E-state index is 12.6. The Morgan fingerprint density at radius 2 is 2.00 bits per heavy atom. The van der Waals surface area contributed by atoms with Crippen LogP contribution in [0.5, 0.6) is 0 Å². The highest BCUT2D eigenvalue weighted by Crippen LogP contribution is 2.44. The second kappa shape index (κ2) is 6.70. The molecular weight excluding hydrogens is 362 g/mol. The molecule has 0 radical (unpaired) electrons. The Morgan fingerprint density at radius 3 is 2.79 bits per heavy atom. The lowest BCUT2D eigenvalue weighted by Gasteiger charge is -2.39. The highest BCUT2D eigenvalue weighted by atomic mass is 16.2. The van der Waals surface area contributed by atoms with E-state index in [4.69, 9.17) is 0 Å². The lowest BCUT2D eigenvalue weighted by Crippen LogP contribution is -2.39.